The number of rotatable bonds is 3. The van der Waals surface area contributed by atoms with Crippen molar-refractivity contribution in [3.63, 3.8) is 0 Å². The molecule has 0 aliphatic heterocycles. The van der Waals surface area contributed by atoms with Gasteiger partial charge >= 0.3 is 5.63 Å². The van der Waals surface area contributed by atoms with Crippen LogP contribution in [0.4, 0.5) is 0 Å². The maximum Gasteiger partial charge on any atom is 0.336 e. The Labute approximate surface area is 107 Å². The first-order valence-corrected chi connectivity index (χ1v) is 6.01. The Morgan fingerprint density at radius 3 is 3.00 bits per heavy atom. The van der Waals surface area contributed by atoms with Crippen molar-refractivity contribution < 1.29 is 9.15 Å². The third-order valence-corrected chi connectivity index (χ3v) is 2.74. The minimum atomic E-state index is -0.369. The molecule has 0 saturated heterocycles. The molecule has 1 heterocycles. The third kappa shape index (κ3) is 2.77. The lowest BCUT2D eigenvalue weighted by atomic mass is 10.1. The van der Waals surface area contributed by atoms with Crippen LogP contribution in [0.5, 0.6) is 0 Å². The Morgan fingerprint density at radius 1 is 1.41 bits per heavy atom. The molecule has 0 spiro atoms. The summed E-state index contributed by atoms with van der Waals surface area (Å²) in [6.45, 7) is 2.50. The van der Waals surface area contributed by atoms with Gasteiger partial charge in [-0.2, -0.15) is 0 Å². The van der Waals surface area contributed by atoms with Crippen molar-refractivity contribution in [1.82, 2.24) is 0 Å². The van der Waals surface area contributed by atoms with Crippen LogP contribution in [0.25, 0.3) is 17.0 Å². The molecule has 3 nitrogen and oxygen atoms in total. The number of fused-ring (bicyclic) bond motifs is 1. The topological polar surface area (TPSA) is 39.4 Å². The molecule has 0 fully saturated rings. The number of halogens is 1. The van der Waals surface area contributed by atoms with E-state index >= 15 is 0 Å². The van der Waals surface area contributed by atoms with Crippen molar-refractivity contribution in [1.29, 1.82) is 0 Å². The summed E-state index contributed by atoms with van der Waals surface area (Å²) in [4.78, 5) is 11.4. The molecule has 0 saturated carbocycles. The molecule has 4 heteroatoms. The Hall–Kier alpha value is -1.55. The zero-order chi connectivity index (χ0) is 12.3. The van der Waals surface area contributed by atoms with Crippen LogP contribution in [0.2, 0.25) is 0 Å². The maximum atomic E-state index is 11.4. The van der Waals surface area contributed by atoms with Crippen LogP contribution in [0.15, 0.2) is 44.2 Å². The summed E-state index contributed by atoms with van der Waals surface area (Å²) in [5, 5.41) is 0.878. The summed E-state index contributed by atoms with van der Waals surface area (Å²) in [5.41, 5.74) is 0.979. The molecular formula is C13H11BrO3. The highest BCUT2D eigenvalue weighted by Crippen LogP contribution is 2.22. The van der Waals surface area contributed by atoms with Gasteiger partial charge in [-0.3, -0.25) is 0 Å². The van der Waals surface area contributed by atoms with Crippen LogP contribution in [0.3, 0.4) is 0 Å². The Kier molecular flexibility index (Phi) is 3.64. The molecule has 17 heavy (non-hydrogen) atoms. The van der Waals surface area contributed by atoms with E-state index < -0.39 is 0 Å². The normalized spacial score (nSPS) is 11.2. The molecule has 0 atom stereocenters. The molecule has 2 rings (SSSR count). The van der Waals surface area contributed by atoms with Crippen molar-refractivity contribution >= 4 is 33.0 Å². The van der Waals surface area contributed by atoms with Gasteiger partial charge in [0.1, 0.15) is 5.58 Å². The van der Waals surface area contributed by atoms with E-state index in [1.165, 1.54) is 6.07 Å². The van der Waals surface area contributed by atoms with Crippen LogP contribution in [0, 0.1) is 0 Å². The molecule has 88 valence electrons. The quantitative estimate of drug-likeness (QED) is 0.642. The molecule has 0 amide bonds. The van der Waals surface area contributed by atoms with Gasteiger partial charge in [0.25, 0.3) is 0 Å². The SMILES string of the molecule is CCOC=Cc1cc(=O)oc2cc(Br)ccc12. The highest BCUT2D eigenvalue weighted by atomic mass is 79.9. The second-order valence-electron chi connectivity index (χ2n) is 3.42. The fraction of sp³-hybridized carbons (Fsp3) is 0.154. The first-order chi connectivity index (χ1) is 8.20. The second-order valence-corrected chi connectivity index (χ2v) is 4.34. The second kappa shape index (κ2) is 5.19. The number of hydrogen-bond donors (Lipinski definition) is 0. The molecular weight excluding hydrogens is 284 g/mol. The number of hydrogen-bond acceptors (Lipinski definition) is 3. The van der Waals surface area contributed by atoms with Crippen molar-refractivity contribution in [3.8, 4) is 0 Å². The van der Waals surface area contributed by atoms with E-state index in [9.17, 15) is 4.79 Å². The van der Waals surface area contributed by atoms with Gasteiger partial charge in [-0.25, -0.2) is 4.79 Å². The molecule has 1 aromatic heterocycles. The number of benzene rings is 1. The van der Waals surface area contributed by atoms with Crippen molar-refractivity contribution in [3.05, 3.63) is 51.0 Å². The van der Waals surface area contributed by atoms with Gasteiger partial charge in [-0.1, -0.05) is 15.9 Å². The maximum absolute atomic E-state index is 11.4. The largest absolute Gasteiger partial charge is 0.501 e. The standard InChI is InChI=1S/C13H11BrO3/c1-2-16-6-5-9-7-13(15)17-12-8-10(14)3-4-11(9)12/h3-8H,2H2,1H3. The van der Waals surface area contributed by atoms with Crippen LogP contribution in [-0.2, 0) is 4.74 Å². The zero-order valence-electron chi connectivity index (χ0n) is 9.27. The molecule has 0 N–H and O–H groups in total. The van der Waals surface area contributed by atoms with Crippen LogP contribution in [-0.4, -0.2) is 6.61 Å². The molecule has 0 unspecified atom stereocenters. The lowest BCUT2D eigenvalue weighted by Gasteiger charge is -2.01. The average molecular weight is 295 g/mol. The predicted octanol–water partition coefficient (Wildman–Crippen LogP) is 3.56. The van der Waals surface area contributed by atoms with Gasteiger partial charge in [0.15, 0.2) is 0 Å². The van der Waals surface area contributed by atoms with E-state index in [-0.39, 0.29) is 5.63 Å². The van der Waals surface area contributed by atoms with E-state index in [1.807, 2.05) is 19.1 Å². The first-order valence-electron chi connectivity index (χ1n) is 5.22. The summed E-state index contributed by atoms with van der Waals surface area (Å²) in [6.07, 6.45) is 3.34. The molecule has 0 aliphatic carbocycles. The molecule has 0 bridgehead atoms. The van der Waals surface area contributed by atoms with E-state index in [0.29, 0.717) is 12.2 Å². The average Bonchev–Trinajstić information content (AvgIpc) is 2.28. The fourth-order valence-corrected chi connectivity index (χ4v) is 1.86. The van der Waals surface area contributed by atoms with Crippen LogP contribution < -0.4 is 5.63 Å². The number of ether oxygens (including phenoxy) is 1. The fourth-order valence-electron chi connectivity index (χ4n) is 1.52. The highest BCUT2D eigenvalue weighted by Gasteiger charge is 2.03. The summed E-state index contributed by atoms with van der Waals surface area (Å²) < 4.78 is 11.1. The summed E-state index contributed by atoms with van der Waals surface area (Å²) in [7, 11) is 0. The lowest BCUT2D eigenvalue weighted by molar-refractivity contribution is 0.272. The van der Waals surface area contributed by atoms with E-state index in [0.717, 1.165) is 15.4 Å². The Bertz CT molecular complexity index is 614. The predicted molar refractivity (Wildman–Crippen MR) is 70.8 cm³/mol. The van der Waals surface area contributed by atoms with Crippen LogP contribution >= 0.6 is 15.9 Å². The third-order valence-electron chi connectivity index (χ3n) is 2.25. The van der Waals surface area contributed by atoms with Gasteiger partial charge in [0.05, 0.1) is 12.9 Å². The van der Waals surface area contributed by atoms with Crippen molar-refractivity contribution in [2.75, 3.05) is 6.61 Å². The van der Waals surface area contributed by atoms with Crippen molar-refractivity contribution in [2.45, 2.75) is 6.92 Å². The van der Waals surface area contributed by atoms with Gasteiger partial charge < -0.3 is 9.15 Å². The lowest BCUT2D eigenvalue weighted by Crippen LogP contribution is -1.97. The first kappa shape index (κ1) is 11.9. The zero-order valence-corrected chi connectivity index (χ0v) is 10.9. The summed E-state index contributed by atoms with van der Waals surface area (Å²) in [5.74, 6) is 0. The molecule has 2 aromatic rings. The monoisotopic (exact) mass is 294 g/mol. The summed E-state index contributed by atoms with van der Waals surface area (Å²) in [6, 6.07) is 7.02. The minimum Gasteiger partial charge on any atom is -0.501 e. The van der Waals surface area contributed by atoms with E-state index in [2.05, 4.69) is 15.9 Å². The highest BCUT2D eigenvalue weighted by molar-refractivity contribution is 9.10. The Balaban J connectivity index is 2.58. The Morgan fingerprint density at radius 2 is 2.24 bits per heavy atom. The van der Waals surface area contributed by atoms with Crippen LogP contribution in [0.1, 0.15) is 12.5 Å². The van der Waals surface area contributed by atoms with Gasteiger partial charge in [-0.15, -0.1) is 0 Å². The molecule has 0 radical (unpaired) electrons. The minimum absolute atomic E-state index is 0.369. The van der Waals surface area contributed by atoms with Gasteiger partial charge in [-0.05, 0) is 36.8 Å². The van der Waals surface area contributed by atoms with Gasteiger partial charge in [0.2, 0.25) is 0 Å². The van der Waals surface area contributed by atoms with E-state index in [1.54, 1.807) is 18.4 Å². The van der Waals surface area contributed by atoms with Crippen molar-refractivity contribution in [2.24, 2.45) is 0 Å². The van der Waals surface area contributed by atoms with Gasteiger partial charge in [0, 0.05) is 15.9 Å². The summed E-state index contributed by atoms with van der Waals surface area (Å²) >= 11 is 3.34. The molecule has 0 aliphatic rings. The smallest absolute Gasteiger partial charge is 0.336 e. The molecule has 1 aromatic carbocycles. The van der Waals surface area contributed by atoms with E-state index in [4.69, 9.17) is 9.15 Å².